The molecule has 0 bridgehead atoms. The number of carbonyl (C=O) groups excluding carboxylic acids is 1. The van der Waals surface area contributed by atoms with E-state index in [0.29, 0.717) is 0 Å². The molecule has 0 saturated heterocycles. The van der Waals surface area contributed by atoms with Gasteiger partial charge in [0.25, 0.3) is 0 Å². The quantitative estimate of drug-likeness (QED) is 0.410. The van der Waals surface area contributed by atoms with Gasteiger partial charge < -0.3 is 5.11 Å². The molecule has 0 aliphatic carbocycles. The summed E-state index contributed by atoms with van der Waals surface area (Å²) in [4.78, 5) is 18.9. The number of halogens is 2. The van der Waals surface area contributed by atoms with Crippen molar-refractivity contribution in [1.29, 1.82) is 0 Å². The van der Waals surface area contributed by atoms with Gasteiger partial charge >= 0.3 is 11.5 Å². The van der Waals surface area contributed by atoms with Crippen LogP contribution in [0, 0.1) is 0 Å². The summed E-state index contributed by atoms with van der Waals surface area (Å²) in [6, 6.07) is 0. The molecule has 0 radical (unpaired) electrons. The molecule has 0 aromatic heterocycles. The molecule has 0 spiro atoms. The van der Waals surface area contributed by atoms with Crippen molar-refractivity contribution in [1.82, 2.24) is 5.32 Å². The highest BCUT2D eigenvalue weighted by atomic mass is 35.5. The minimum atomic E-state index is -1.44. The summed E-state index contributed by atoms with van der Waals surface area (Å²) in [5, 5.41) is 7.93. The van der Waals surface area contributed by atoms with Crippen LogP contribution in [0.15, 0.2) is 0 Å². The molecule has 0 fully saturated rings. The van der Waals surface area contributed by atoms with Crippen molar-refractivity contribution in [2.24, 2.45) is 0 Å². The van der Waals surface area contributed by atoms with E-state index in [9.17, 15) is 9.59 Å². The van der Waals surface area contributed by atoms with Crippen LogP contribution in [0.2, 0.25) is 0 Å². The Balaban J connectivity index is 0. The van der Waals surface area contributed by atoms with Crippen molar-refractivity contribution in [3.8, 4) is 0 Å². The summed E-state index contributed by atoms with van der Waals surface area (Å²) in [7, 11) is 0. The maximum absolute atomic E-state index is 9.53. The topological polar surface area (TPSA) is 66.4 Å². The molecule has 2 amide bonds. The van der Waals surface area contributed by atoms with Crippen molar-refractivity contribution >= 4 is 35.5 Å². The minimum Gasteiger partial charge on any atom is -0.465 e. The summed E-state index contributed by atoms with van der Waals surface area (Å²) >= 11 is 4.54. The zero-order chi connectivity index (χ0) is 5.86. The van der Waals surface area contributed by atoms with E-state index in [1.165, 1.54) is 5.32 Å². The van der Waals surface area contributed by atoms with Crippen LogP contribution in [0.4, 0.5) is 9.59 Å². The van der Waals surface area contributed by atoms with Crippen molar-refractivity contribution in [3.63, 3.8) is 0 Å². The maximum atomic E-state index is 9.53. The van der Waals surface area contributed by atoms with Gasteiger partial charge in [-0.05, 0) is 11.6 Å². The second-order valence-electron chi connectivity index (χ2n) is 0.704. The van der Waals surface area contributed by atoms with Gasteiger partial charge in [-0.3, -0.25) is 4.79 Å². The van der Waals surface area contributed by atoms with E-state index in [1.54, 1.807) is 0 Å². The predicted molar refractivity (Wildman–Crippen MR) is 29.7 cm³/mol. The summed E-state index contributed by atoms with van der Waals surface area (Å²) < 4.78 is 0. The molecule has 0 atom stereocenters. The molecular weight excluding hydrogens is 157 g/mol. The Morgan fingerprint density at radius 1 is 1.50 bits per heavy atom. The molecule has 0 aliphatic rings. The zero-order valence-electron chi connectivity index (χ0n) is 3.55. The van der Waals surface area contributed by atoms with Crippen LogP contribution in [0.3, 0.4) is 0 Å². The molecule has 4 nitrogen and oxygen atoms in total. The van der Waals surface area contributed by atoms with Gasteiger partial charge in [0, 0.05) is 0 Å². The molecule has 0 aromatic carbocycles. The number of rotatable bonds is 0. The average Bonchev–Trinajstić information content (AvgIpc) is 1.27. The number of carbonyl (C=O) groups is 2. The lowest BCUT2D eigenvalue weighted by atomic mass is 11.1. The van der Waals surface area contributed by atoms with Crippen LogP contribution in [-0.2, 0) is 0 Å². The van der Waals surface area contributed by atoms with E-state index >= 15 is 0 Å². The Labute approximate surface area is 56.2 Å². The monoisotopic (exact) mass is 159 g/mol. The molecule has 0 rings (SSSR count). The maximum Gasteiger partial charge on any atom is 0.412 e. The van der Waals surface area contributed by atoms with E-state index in [1.807, 2.05) is 0 Å². The summed E-state index contributed by atoms with van der Waals surface area (Å²) in [5.41, 5.74) is 0. The number of imide groups is 1. The third kappa shape index (κ3) is 9.10. The molecule has 48 valence electrons. The van der Waals surface area contributed by atoms with Crippen LogP contribution in [-0.4, -0.2) is 16.6 Å². The molecular formula is C2H3Cl2NO3. The molecule has 0 heterocycles. The second kappa shape index (κ2) is 4.67. The lowest BCUT2D eigenvalue weighted by Gasteiger charge is -1.84. The highest BCUT2D eigenvalue weighted by Gasteiger charge is 1.96. The fourth-order valence-corrected chi connectivity index (χ4v) is 0.165. The normalized spacial score (nSPS) is 6.62. The van der Waals surface area contributed by atoms with Crippen LogP contribution in [0.1, 0.15) is 0 Å². The van der Waals surface area contributed by atoms with Gasteiger partial charge in [0.2, 0.25) is 0 Å². The smallest absolute Gasteiger partial charge is 0.412 e. The highest BCUT2D eigenvalue weighted by Crippen LogP contribution is 1.73. The fraction of sp³-hybridized carbons (Fsp3) is 0. The molecule has 0 aromatic rings. The van der Waals surface area contributed by atoms with Gasteiger partial charge in [-0.1, -0.05) is 0 Å². The number of carboxylic acid groups (broad SMARTS) is 1. The standard InChI is InChI=1S/C2H2ClNO3.ClH/c3-1(5)4-2(6)7;/h(H,4,5)(H,6,7);1H. The largest absolute Gasteiger partial charge is 0.465 e. The van der Waals surface area contributed by atoms with Crippen molar-refractivity contribution in [2.75, 3.05) is 0 Å². The summed E-state index contributed by atoms with van der Waals surface area (Å²) in [6.45, 7) is 0. The lowest BCUT2D eigenvalue weighted by molar-refractivity contribution is 0.195. The SMILES string of the molecule is Cl.O=C(O)NC(=O)Cl. The van der Waals surface area contributed by atoms with Crippen LogP contribution < -0.4 is 5.32 Å². The predicted octanol–water partition coefficient (Wildman–Crippen LogP) is 1.03. The molecule has 0 aliphatic heterocycles. The van der Waals surface area contributed by atoms with Gasteiger partial charge in [-0.25, -0.2) is 10.1 Å². The highest BCUT2D eigenvalue weighted by molar-refractivity contribution is 6.64. The van der Waals surface area contributed by atoms with Gasteiger partial charge in [0.1, 0.15) is 0 Å². The van der Waals surface area contributed by atoms with Crippen molar-refractivity contribution < 1.29 is 14.7 Å². The Morgan fingerprint density at radius 3 is 1.88 bits per heavy atom. The van der Waals surface area contributed by atoms with Crippen molar-refractivity contribution in [2.45, 2.75) is 0 Å². The Bertz CT molecular complexity index is 91.5. The van der Waals surface area contributed by atoms with Gasteiger partial charge in [-0.2, -0.15) is 0 Å². The number of hydrogen-bond donors (Lipinski definition) is 2. The van der Waals surface area contributed by atoms with E-state index in [2.05, 4.69) is 11.6 Å². The van der Waals surface area contributed by atoms with E-state index in [4.69, 9.17) is 5.11 Å². The zero-order valence-corrected chi connectivity index (χ0v) is 5.12. The minimum absolute atomic E-state index is 0. The fourth-order valence-electron chi connectivity index (χ4n) is 0.0841. The molecule has 0 unspecified atom stereocenters. The number of nitrogens with one attached hydrogen (secondary N) is 1. The summed E-state index contributed by atoms with van der Waals surface area (Å²) in [6.07, 6.45) is -1.44. The third-order valence-corrected chi connectivity index (χ3v) is 0.300. The lowest BCUT2D eigenvalue weighted by Crippen LogP contribution is -2.22. The average molecular weight is 160 g/mol. The van der Waals surface area contributed by atoms with Gasteiger partial charge in [-0.15, -0.1) is 12.4 Å². The second-order valence-corrected chi connectivity index (χ2v) is 1.05. The first-order chi connectivity index (χ1) is 3.13. The van der Waals surface area contributed by atoms with Crippen LogP contribution in [0.25, 0.3) is 0 Å². The van der Waals surface area contributed by atoms with E-state index < -0.39 is 11.5 Å². The number of amides is 2. The molecule has 2 N–H and O–H groups in total. The van der Waals surface area contributed by atoms with E-state index in [-0.39, 0.29) is 12.4 Å². The Hall–Kier alpha value is -0.480. The van der Waals surface area contributed by atoms with Crippen molar-refractivity contribution in [3.05, 3.63) is 0 Å². The molecule has 8 heavy (non-hydrogen) atoms. The van der Waals surface area contributed by atoms with Crippen LogP contribution in [0.5, 0.6) is 0 Å². The Kier molecular flexibility index (Phi) is 6.13. The first-order valence-electron chi connectivity index (χ1n) is 1.32. The van der Waals surface area contributed by atoms with Crippen LogP contribution >= 0.6 is 24.0 Å². The van der Waals surface area contributed by atoms with Gasteiger partial charge in [0.05, 0.1) is 0 Å². The first-order valence-corrected chi connectivity index (χ1v) is 1.70. The van der Waals surface area contributed by atoms with E-state index in [0.717, 1.165) is 0 Å². The number of hydrogen-bond acceptors (Lipinski definition) is 2. The third-order valence-electron chi connectivity index (χ3n) is 0.205. The summed E-state index contributed by atoms with van der Waals surface area (Å²) in [5.74, 6) is 0. The Morgan fingerprint density at radius 2 is 1.88 bits per heavy atom. The molecule has 0 saturated carbocycles. The molecule has 6 heteroatoms. The van der Waals surface area contributed by atoms with Gasteiger partial charge in [0.15, 0.2) is 0 Å². The first kappa shape index (κ1) is 10.5.